The second-order valence-corrected chi connectivity index (χ2v) is 4.78. The Bertz CT molecular complexity index is 604. The van der Waals surface area contributed by atoms with Crippen LogP contribution in [0.15, 0.2) is 36.2 Å². The van der Waals surface area contributed by atoms with Gasteiger partial charge >= 0.3 is 12.2 Å². The van der Waals surface area contributed by atoms with Gasteiger partial charge in [0.05, 0.1) is 25.5 Å². The van der Waals surface area contributed by atoms with Gasteiger partial charge in [0.1, 0.15) is 0 Å². The van der Waals surface area contributed by atoms with Crippen molar-refractivity contribution in [3.63, 3.8) is 0 Å². The highest BCUT2D eigenvalue weighted by molar-refractivity contribution is 5.72. The summed E-state index contributed by atoms with van der Waals surface area (Å²) in [7, 11) is 1.37. The van der Waals surface area contributed by atoms with E-state index in [1.165, 1.54) is 7.11 Å². The van der Waals surface area contributed by atoms with Crippen molar-refractivity contribution < 1.29 is 27.6 Å². The van der Waals surface area contributed by atoms with Crippen LogP contribution in [-0.2, 0) is 16.2 Å². The summed E-state index contributed by atoms with van der Waals surface area (Å²) in [5.74, 6) is -1.13. The molecule has 24 heavy (non-hydrogen) atoms. The lowest BCUT2D eigenvalue weighted by molar-refractivity contribution is -0.136. The summed E-state index contributed by atoms with van der Waals surface area (Å²) in [5, 5.41) is 4.84. The Morgan fingerprint density at radius 2 is 2.04 bits per heavy atom. The molecule has 1 aliphatic heterocycles. The summed E-state index contributed by atoms with van der Waals surface area (Å²) < 4.78 is 37.6. The lowest BCUT2D eigenvalue weighted by Crippen LogP contribution is -2.38. The number of benzene rings is 1. The van der Waals surface area contributed by atoms with Crippen molar-refractivity contribution >= 4 is 11.7 Å². The molecule has 0 saturated carbocycles. The minimum absolute atomic E-state index is 0.191. The van der Waals surface area contributed by atoms with Crippen molar-refractivity contribution in [1.82, 2.24) is 16.0 Å². The fourth-order valence-corrected chi connectivity index (χ4v) is 1.91. The largest absolute Gasteiger partial charge is 0.453 e. The van der Waals surface area contributed by atoms with Gasteiger partial charge < -0.3 is 10.2 Å². The minimum Gasteiger partial charge on any atom is -0.382 e. The first-order valence-electron chi connectivity index (χ1n) is 7.04. The maximum atomic E-state index is 12.5. The molecule has 0 radical (unpaired) electrons. The van der Waals surface area contributed by atoms with Gasteiger partial charge in [0.15, 0.2) is 0 Å². The summed E-state index contributed by atoms with van der Waals surface area (Å²) in [5.41, 5.74) is 3.34. The molecule has 2 N–H and O–H groups in total. The van der Waals surface area contributed by atoms with Gasteiger partial charge in [-0.25, -0.2) is 9.80 Å². The number of nitrogens with one attached hydrogen (secondary N) is 2. The van der Waals surface area contributed by atoms with Crippen LogP contribution in [0, 0.1) is 0 Å². The predicted octanol–water partition coefficient (Wildman–Crippen LogP) is 2.44. The van der Waals surface area contributed by atoms with E-state index in [4.69, 9.17) is 4.84 Å². The third-order valence-electron chi connectivity index (χ3n) is 3.10. The Labute approximate surface area is 136 Å². The van der Waals surface area contributed by atoms with E-state index in [2.05, 4.69) is 15.7 Å². The van der Waals surface area contributed by atoms with Crippen molar-refractivity contribution in [2.75, 3.05) is 18.7 Å². The number of urea groups is 1. The first-order valence-corrected chi connectivity index (χ1v) is 7.04. The smallest absolute Gasteiger partial charge is 0.382 e. The summed E-state index contributed by atoms with van der Waals surface area (Å²) in [6, 6.07) is 6.14. The normalized spacial score (nSPS) is 14.2. The topological polar surface area (TPSA) is 66.1 Å². The van der Waals surface area contributed by atoms with Gasteiger partial charge in [-0.15, -0.1) is 0 Å². The zero-order valence-electron chi connectivity index (χ0n) is 13.1. The summed E-state index contributed by atoms with van der Waals surface area (Å²) >= 11 is 0. The minimum atomic E-state index is -4.56. The molecule has 10 heteroatoms. The van der Waals surface area contributed by atoms with Crippen LogP contribution in [0.2, 0.25) is 0 Å². The molecule has 1 heterocycles. The lowest BCUT2D eigenvalue weighted by Gasteiger charge is -2.20. The fourth-order valence-electron chi connectivity index (χ4n) is 1.91. The molecule has 1 aromatic rings. The van der Waals surface area contributed by atoms with E-state index in [0.29, 0.717) is 12.2 Å². The van der Waals surface area contributed by atoms with E-state index in [-0.39, 0.29) is 12.6 Å². The van der Waals surface area contributed by atoms with Crippen LogP contribution in [-0.4, -0.2) is 30.9 Å². The summed E-state index contributed by atoms with van der Waals surface area (Å²) in [4.78, 5) is 21.1. The molecule has 132 valence electrons. The molecular weight excluding hydrogens is 329 g/mol. The molecule has 2 rings (SSSR count). The van der Waals surface area contributed by atoms with E-state index in [1.807, 2.05) is 0 Å². The van der Waals surface area contributed by atoms with E-state index in [1.54, 1.807) is 31.2 Å². The van der Waals surface area contributed by atoms with Crippen molar-refractivity contribution in [2.24, 2.45) is 0 Å². The second-order valence-electron chi connectivity index (χ2n) is 4.78. The Kier molecular flexibility index (Phi) is 5.52. The first kappa shape index (κ1) is 17.9. The average Bonchev–Trinajstić information content (AvgIpc) is 3.03. The molecule has 1 aromatic carbocycles. The molecule has 0 spiro atoms. The van der Waals surface area contributed by atoms with Crippen molar-refractivity contribution in [3.05, 3.63) is 41.8 Å². The first-order chi connectivity index (χ1) is 11.3. The molecule has 0 aromatic heterocycles. The van der Waals surface area contributed by atoms with E-state index in [0.717, 1.165) is 21.8 Å². The zero-order valence-corrected chi connectivity index (χ0v) is 13.1. The third kappa shape index (κ3) is 4.30. The number of carbonyl (C=O) groups excluding carboxylic acids is 1. The number of amides is 2. The van der Waals surface area contributed by atoms with E-state index < -0.39 is 11.9 Å². The van der Waals surface area contributed by atoms with Gasteiger partial charge in [-0.05, 0) is 24.6 Å². The number of hydrogen-bond donors (Lipinski definition) is 2. The zero-order chi connectivity index (χ0) is 17.7. The number of rotatable bonds is 5. The van der Waals surface area contributed by atoms with Crippen LogP contribution < -0.4 is 15.9 Å². The highest BCUT2D eigenvalue weighted by Crippen LogP contribution is 2.30. The number of alkyl halides is 3. The van der Waals surface area contributed by atoms with E-state index >= 15 is 0 Å². The molecule has 2 amide bonds. The van der Waals surface area contributed by atoms with Crippen molar-refractivity contribution in [3.8, 4) is 0 Å². The fraction of sp³-hybridized carbons (Fsp3) is 0.357. The molecule has 1 aliphatic rings. The maximum absolute atomic E-state index is 12.5. The van der Waals surface area contributed by atoms with Gasteiger partial charge in [0.2, 0.25) is 5.76 Å². The number of hydrazine groups is 1. The second kappa shape index (κ2) is 7.41. The van der Waals surface area contributed by atoms with Gasteiger partial charge in [-0.2, -0.15) is 18.2 Å². The average molecular weight is 346 g/mol. The monoisotopic (exact) mass is 346 g/mol. The SMILES string of the molecule is CCNC(=O)N(Cc1ccc(N2C=C(C(F)(F)F)ON2)cc1)OC. The molecule has 0 aliphatic carbocycles. The van der Waals surface area contributed by atoms with Crippen LogP contribution in [0.4, 0.5) is 23.7 Å². The number of nitrogens with zero attached hydrogens (tertiary/aromatic N) is 2. The molecule has 0 atom stereocenters. The number of allylic oxidation sites excluding steroid dienone is 1. The Balaban J connectivity index is 2.03. The van der Waals surface area contributed by atoms with Gasteiger partial charge in [-0.3, -0.25) is 4.84 Å². The van der Waals surface area contributed by atoms with Gasteiger partial charge in [0.25, 0.3) is 0 Å². The molecule has 0 bridgehead atoms. The standard InChI is InChI=1S/C14H17F3N4O3/c1-3-18-13(22)21(23-2)8-10-4-6-11(7-5-10)20-9-12(24-19-20)14(15,16)17/h4-7,9,19H,3,8H2,1-2H3,(H,18,22). The molecule has 0 unspecified atom stereocenters. The number of anilines is 1. The highest BCUT2D eigenvalue weighted by atomic mass is 19.4. The van der Waals surface area contributed by atoms with Gasteiger partial charge in [0, 0.05) is 6.54 Å². The Morgan fingerprint density at radius 3 is 2.54 bits per heavy atom. The Hall–Kier alpha value is -2.46. The molecule has 7 nitrogen and oxygen atoms in total. The number of halogens is 3. The quantitative estimate of drug-likeness (QED) is 0.802. The third-order valence-corrected chi connectivity index (χ3v) is 3.10. The Morgan fingerprint density at radius 1 is 1.38 bits per heavy atom. The summed E-state index contributed by atoms with van der Waals surface area (Å²) in [6.45, 7) is 2.44. The van der Waals surface area contributed by atoms with Crippen LogP contribution in [0.25, 0.3) is 0 Å². The lowest BCUT2D eigenvalue weighted by atomic mass is 10.2. The molecule has 0 fully saturated rings. The number of hydroxylamine groups is 2. The van der Waals surface area contributed by atoms with Crippen molar-refractivity contribution in [2.45, 2.75) is 19.6 Å². The number of hydrogen-bond acceptors (Lipinski definition) is 5. The number of carbonyl (C=O) groups is 1. The van der Waals surface area contributed by atoms with Crippen LogP contribution in [0.3, 0.4) is 0 Å². The van der Waals surface area contributed by atoms with Crippen LogP contribution in [0.1, 0.15) is 12.5 Å². The van der Waals surface area contributed by atoms with Crippen LogP contribution in [0.5, 0.6) is 0 Å². The van der Waals surface area contributed by atoms with Crippen molar-refractivity contribution in [1.29, 1.82) is 0 Å². The molecule has 0 saturated heterocycles. The van der Waals surface area contributed by atoms with Gasteiger partial charge in [-0.1, -0.05) is 17.7 Å². The predicted molar refractivity (Wildman–Crippen MR) is 78.9 cm³/mol. The van der Waals surface area contributed by atoms with E-state index in [9.17, 15) is 18.0 Å². The summed E-state index contributed by atoms with van der Waals surface area (Å²) in [6.07, 6.45) is -3.75. The maximum Gasteiger partial charge on any atom is 0.453 e. The highest BCUT2D eigenvalue weighted by Gasteiger charge is 2.40. The molecular formula is C14H17F3N4O3. The van der Waals surface area contributed by atoms with Crippen LogP contribution >= 0.6 is 0 Å².